The van der Waals surface area contributed by atoms with E-state index in [4.69, 9.17) is 11.6 Å². The third-order valence-corrected chi connectivity index (χ3v) is 5.33. The molecular formula is C20H21ClN4O2. The number of carbonyl (C=O) groups is 2. The van der Waals surface area contributed by atoms with Crippen molar-refractivity contribution >= 4 is 40.6 Å². The number of aryl methyl sites for hydroxylation is 1. The lowest BCUT2D eigenvalue weighted by Crippen LogP contribution is -2.53. The first-order valence-corrected chi connectivity index (χ1v) is 9.57. The molecule has 1 atom stereocenters. The minimum Gasteiger partial charge on any atom is -0.343 e. The lowest BCUT2D eigenvalue weighted by molar-refractivity contribution is -0.122. The van der Waals surface area contributed by atoms with Gasteiger partial charge < -0.3 is 10.2 Å². The minimum atomic E-state index is -0.247. The number of carbonyl (C=O) groups excluding carboxylic acids is 2. The fourth-order valence-electron chi connectivity index (χ4n) is 3.75. The van der Waals surface area contributed by atoms with Crippen LogP contribution in [0.5, 0.6) is 0 Å². The van der Waals surface area contributed by atoms with Crippen molar-refractivity contribution in [2.24, 2.45) is 0 Å². The predicted octanol–water partition coefficient (Wildman–Crippen LogP) is 3.25. The largest absolute Gasteiger partial charge is 0.343 e. The second-order valence-corrected chi connectivity index (χ2v) is 7.31. The van der Waals surface area contributed by atoms with Gasteiger partial charge in [-0.2, -0.15) is 0 Å². The molecule has 1 saturated heterocycles. The normalized spacial score (nSPS) is 18.3. The summed E-state index contributed by atoms with van der Waals surface area (Å²) in [5, 5.41) is 3.31. The molecule has 1 unspecified atom stereocenters. The molecule has 2 aliphatic heterocycles. The zero-order valence-corrected chi connectivity index (χ0v) is 15.9. The lowest BCUT2D eigenvalue weighted by Gasteiger charge is -2.38. The van der Waals surface area contributed by atoms with Crippen LogP contribution in [0, 0.1) is 0 Å². The molecule has 0 bridgehead atoms. The molecule has 1 aromatic heterocycles. The summed E-state index contributed by atoms with van der Waals surface area (Å²) < 4.78 is 0. The van der Waals surface area contributed by atoms with Gasteiger partial charge in [0, 0.05) is 18.4 Å². The highest BCUT2D eigenvalue weighted by Crippen LogP contribution is 2.39. The molecule has 4 rings (SSSR count). The van der Waals surface area contributed by atoms with Crippen LogP contribution in [-0.4, -0.2) is 35.9 Å². The highest BCUT2D eigenvalue weighted by atomic mass is 35.5. The van der Waals surface area contributed by atoms with Gasteiger partial charge in [0.2, 0.25) is 11.8 Å². The summed E-state index contributed by atoms with van der Waals surface area (Å²) in [7, 11) is 0. The summed E-state index contributed by atoms with van der Waals surface area (Å²) >= 11 is 6.11. The molecule has 140 valence electrons. The number of pyridine rings is 1. The molecule has 2 aliphatic rings. The number of hydrogen-bond acceptors (Lipinski definition) is 4. The molecule has 27 heavy (non-hydrogen) atoms. The molecule has 0 saturated carbocycles. The smallest absolute Gasteiger partial charge is 0.250 e. The van der Waals surface area contributed by atoms with E-state index in [2.05, 4.69) is 17.2 Å². The zero-order chi connectivity index (χ0) is 19.0. The molecule has 7 heteroatoms. The summed E-state index contributed by atoms with van der Waals surface area (Å²) in [5.74, 6) is 0.409. The van der Waals surface area contributed by atoms with Gasteiger partial charge in [0.15, 0.2) is 5.82 Å². The summed E-state index contributed by atoms with van der Waals surface area (Å²) in [6, 6.07) is 9.18. The Morgan fingerprint density at radius 2 is 2.11 bits per heavy atom. The Morgan fingerprint density at radius 1 is 1.33 bits per heavy atom. The third kappa shape index (κ3) is 3.37. The lowest BCUT2D eigenvalue weighted by atomic mass is 10.1. The highest BCUT2D eigenvalue weighted by Gasteiger charge is 2.42. The Morgan fingerprint density at radius 3 is 2.85 bits per heavy atom. The number of rotatable bonds is 4. The first-order chi connectivity index (χ1) is 13.1. The SMILES string of the molecule is CCc1ccc(NC(=O)CN2C(=O)C3CCCN3c3ncc(Cl)cc32)cc1. The molecule has 2 amide bonds. The van der Waals surface area contributed by atoms with Gasteiger partial charge in [0.1, 0.15) is 12.6 Å². The number of benzene rings is 1. The zero-order valence-electron chi connectivity index (χ0n) is 15.1. The summed E-state index contributed by atoms with van der Waals surface area (Å²) in [4.78, 5) is 33.5. The van der Waals surface area contributed by atoms with Gasteiger partial charge in [0.25, 0.3) is 0 Å². The third-order valence-electron chi connectivity index (χ3n) is 5.13. The monoisotopic (exact) mass is 384 g/mol. The van der Waals surface area contributed by atoms with Crippen LogP contribution in [0.3, 0.4) is 0 Å². The molecule has 1 fully saturated rings. The first-order valence-electron chi connectivity index (χ1n) is 9.19. The Balaban J connectivity index is 1.56. The maximum Gasteiger partial charge on any atom is 0.250 e. The number of nitrogens with one attached hydrogen (secondary N) is 1. The van der Waals surface area contributed by atoms with Crippen molar-refractivity contribution in [1.29, 1.82) is 0 Å². The van der Waals surface area contributed by atoms with Crippen LogP contribution in [0.1, 0.15) is 25.3 Å². The number of anilines is 3. The Labute approximate surface area is 163 Å². The topological polar surface area (TPSA) is 65.5 Å². The molecule has 0 aliphatic carbocycles. The Hall–Kier alpha value is -2.60. The van der Waals surface area contributed by atoms with Crippen molar-refractivity contribution in [3.05, 3.63) is 47.1 Å². The molecule has 1 N–H and O–H groups in total. The van der Waals surface area contributed by atoms with Crippen molar-refractivity contribution in [2.45, 2.75) is 32.2 Å². The van der Waals surface area contributed by atoms with Gasteiger partial charge in [-0.25, -0.2) is 4.98 Å². The summed E-state index contributed by atoms with van der Waals surface area (Å²) in [6.45, 7) is 2.81. The average Bonchev–Trinajstić information content (AvgIpc) is 3.16. The van der Waals surface area contributed by atoms with Gasteiger partial charge in [-0.15, -0.1) is 0 Å². The first kappa shape index (κ1) is 17.8. The van der Waals surface area contributed by atoms with Gasteiger partial charge >= 0.3 is 0 Å². The van der Waals surface area contributed by atoms with E-state index in [0.29, 0.717) is 16.4 Å². The van der Waals surface area contributed by atoms with Crippen LogP contribution in [0.25, 0.3) is 0 Å². The van der Waals surface area contributed by atoms with Crippen molar-refractivity contribution in [3.63, 3.8) is 0 Å². The van der Waals surface area contributed by atoms with Crippen molar-refractivity contribution in [2.75, 3.05) is 28.2 Å². The quantitative estimate of drug-likeness (QED) is 0.878. The van der Waals surface area contributed by atoms with Crippen LogP contribution < -0.4 is 15.1 Å². The van der Waals surface area contributed by atoms with Gasteiger partial charge in [-0.05, 0) is 43.0 Å². The van der Waals surface area contributed by atoms with Crippen LogP contribution in [0.4, 0.5) is 17.2 Å². The maximum atomic E-state index is 13.0. The second-order valence-electron chi connectivity index (χ2n) is 6.87. The predicted molar refractivity (Wildman–Crippen MR) is 106 cm³/mol. The number of aromatic nitrogens is 1. The summed E-state index contributed by atoms with van der Waals surface area (Å²) in [5.41, 5.74) is 2.52. The van der Waals surface area contributed by atoms with E-state index in [9.17, 15) is 9.59 Å². The van der Waals surface area contributed by atoms with Crippen LogP contribution in [0.2, 0.25) is 5.02 Å². The van der Waals surface area contributed by atoms with E-state index in [1.165, 1.54) is 10.5 Å². The van der Waals surface area contributed by atoms with Crippen LogP contribution in [0.15, 0.2) is 36.5 Å². The van der Waals surface area contributed by atoms with E-state index in [1.54, 1.807) is 12.3 Å². The summed E-state index contributed by atoms with van der Waals surface area (Å²) in [6.07, 6.45) is 4.24. The van der Waals surface area contributed by atoms with E-state index in [1.807, 2.05) is 29.2 Å². The van der Waals surface area contributed by atoms with E-state index in [-0.39, 0.29) is 24.4 Å². The van der Waals surface area contributed by atoms with Crippen LogP contribution >= 0.6 is 11.6 Å². The molecule has 3 heterocycles. The number of nitrogens with zero attached hydrogens (tertiary/aromatic N) is 3. The Bertz CT molecular complexity index is 884. The maximum absolute atomic E-state index is 13.0. The number of fused-ring (bicyclic) bond motifs is 3. The highest BCUT2D eigenvalue weighted by molar-refractivity contribution is 6.31. The molecule has 0 radical (unpaired) electrons. The number of hydrogen-bond donors (Lipinski definition) is 1. The van der Waals surface area contributed by atoms with Crippen molar-refractivity contribution in [3.8, 4) is 0 Å². The molecular weight excluding hydrogens is 364 g/mol. The Kier molecular flexibility index (Phi) is 4.74. The molecule has 2 aromatic rings. The van der Waals surface area contributed by atoms with Crippen molar-refractivity contribution in [1.82, 2.24) is 4.98 Å². The van der Waals surface area contributed by atoms with Gasteiger partial charge in [-0.1, -0.05) is 30.7 Å². The minimum absolute atomic E-state index is 0.0618. The number of amides is 2. The van der Waals surface area contributed by atoms with Crippen LogP contribution in [-0.2, 0) is 16.0 Å². The van der Waals surface area contributed by atoms with E-state index in [0.717, 1.165) is 31.6 Å². The molecule has 0 spiro atoms. The van der Waals surface area contributed by atoms with Crippen molar-refractivity contribution < 1.29 is 9.59 Å². The standard InChI is InChI=1S/C20H21ClN4O2/c1-2-13-5-7-15(8-6-13)23-18(26)12-25-17-10-14(21)11-22-19(17)24-9-3-4-16(24)20(25)27/h5-8,10-11,16H,2-4,9,12H2,1H3,(H,23,26). The van der Waals surface area contributed by atoms with Gasteiger partial charge in [0.05, 0.1) is 10.7 Å². The fourth-order valence-corrected chi connectivity index (χ4v) is 3.90. The molecule has 6 nitrogen and oxygen atoms in total. The van der Waals surface area contributed by atoms with E-state index < -0.39 is 0 Å². The molecule has 1 aromatic carbocycles. The number of halogens is 1. The fraction of sp³-hybridized carbons (Fsp3) is 0.350. The second kappa shape index (κ2) is 7.19. The van der Waals surface area contributed by atoms with Gasteiger partial charge in [-0.3, -0.25) is 14.5 Å². The van der Waals surface area contributed by atoms with E-state index >= 15 is 0 Å². The average molecular weight is 385 g/mol.